The van der Waals surface area contributed by atoms with Crippen LogP contribution in [0.2, 0.25) is 0 Å². The normalized spacial score (nSPS) is 23.2. The van der Waals surface area contributed by atoms with Crippen LogP contribution in [0, 0.1) is 11.8 Å². The molecule has 7 heteroatoms. The van der Waals surface area contributed by atoms with Crippen LogP contribution in [0.4, 0.5) is 5.69 Å². The number of carboxylic acids is 1. The minimum atomic E-state index is -0.870. The van der Waals surface area contributed by atoms with Crippen LogP contribution in [0.5, 0.6) is 5.75 Å². The van der Waals surface area contributed by atoms with Gasteiger partial charge in [0.2, 0.25) is 11.8 Å². The molecule has 7 nitrogen and oxygen atoms in total. The maximum atomic E-state index is 12.7. The highest BCUT2D eigenvalue weighted by molar-refractivity contribution is 6.01. The van der Waals surface area contributed by atoms with E-state index in [1.54, 1.807) is 15.9 Å². The van der Waals surface area contributed by atoms with Gasteiger partial charge in [-0.15, -0.1) is 0 Å². The number of para-hydroxylation sites is 2. The Morgan fingerprint density at radius 1 is 1.24 bits per heavy atom. The van der Waals surface area contributed by atoms with E-state index in [0.717, 1.165) is 0 Å². The standard InChI is InChI=1S/C18H22N2O5/c1-2-25-15-6-4-3-5-14(15)20-11-13(9-16(20)21)17(22)19-8-7-12(10-19)18(23)24/h3-6,12-13H,2,7-11H2,1H3,(H,23,24)/t12-,13-/m1/s1. The highest BCUT2D eigenvalue weighted by Gasteiger charge is 2.40. The van der Waals surface area contributed by atoms with E-state index in [4.69, 9.17) is 9.84 Å². The fraction of sp³-hybridized carbons (Fsp3) is 0.500. The van der Waals surface area contributed by atoms with Crippen molar-refractivity contribution in [1.82, 2.24) is 4.90 Å². The monoisotopic (exact) mass is 346 g/mol. The molecule has 2 heterocycles. The summed E-state index contributed by atoms with van der Waals surface area (Å²) < 4.78 is 5.58. The van der Waals surface area contributed by atoms with Gasteiger partial charge in [0, 0.05) is 26.1 Å². The smallest absolute Gasteiger partial charge is 0.308 e. The number of aliphatic carboxylic acids is 1. The molecule has 134 valence electrons. The van der Waals surface area contributed by atoms with E-state index in [0.29, 0.717) is 37.6 Å². The molecular weight excluding hydrogens is 324 g/mol. The van der Waals surface area contributed by atoms with Gasteiger partial charge in [0.05, 0.1) is 24.1 Å². The lowest BCUT2D eigenvalue weighted by Crippen LogP contribution is -2.36. The largest absolute Gasteiger partial charge is 0.492 e. The number of hydrogen-bond donors (Lipinski definition) is 1. The van der Waals surface area contributed by atoms with Gasteiger partial charge in [-0.3, -0.25) is 14.4 Å². The molecule has 2 amide bonds. The maximum absolute atomic E-state index is 12.7. The number of rotatable bonds is 5. The van der Waals surface area contributed by atoms with E-state index >= 15 is 0 Å². The quantitative estimate of drug-likeness (QED) is 0.870. The zero-order valence-electron chi connectivity index (χ0n) is 14.2. The Morgan fingerprint density at radius 3 is 2.68 bits per heavy atom. The third kappa shape index (κ3) is 3.45. The molecule has 1 aromatic carbocycles. The van der Waals surface area contributed by atoms with Gasteiger partial charge in [0.15, 0.2) is 0 Å². The number of nitrogens with zero attached hydrogens (tertiary/aromatic N) is 2. The number of hydrogen-bond acceptors (Lipinski definition) is 4. The summed E-state index contributed by atoms with van der Waals surface area (Å²) in [5, 5.41) is 9.08. The molecule has 1 N–H and O–H groups in total. The molecule has 0 unspecified atom stereocenters. The van der Waals surface area contributed by atoms with Crippen LogP contribution in [0.3, 0.4) is 0 Å². The van der Waals surface area contributed by atoms with Crippen LogP contribution in [0.25, 0.3) is 0 Å². The third-order valence-corrected chi connectivity index (χ3v) is 4.78. The lowest BCUT2D eigenvalue weighted by Gasteiger charge is -2.22. The van der Waals surface area contributed by atoms with E-state index in [2.05, 4.69) is 0 Å². The van der Waals surface area contributed by atoms with Crippen LogP contribution in [0.1, 0.15) is 19.8 Å². The van der Waals surface area contributed by atoms with E-state index < -0.39 is 17.8 Å². The lowest BCUT2D eigenvalue weighted by molar-refractivity contribution is -0.141. The fourth-order valence-electron chi connectivity index (χ4n) is 3.48. The molecule has 0 aliphatic carbocycles. The third-order valence-electron chi connectivity index (χ3n) is 4.78. The Bertz CT molecular complexity index is 690. The van der Waals surface area contributed by atoms with Gasteiger partial charge in [-0.05, 0) is 25.5 Å². The number of carbonyl (C=O) groups is 3. The predicted molar refractivity (Wildman–Crippen MR) is 90.4 cm³/mol. The molecule has 2 aliphatic heterocycles. The molecule has 0 radical (unpaired) electrons. The first-order valence-corrected chi connectivity index (χ1v) is 8.55. The molecule has 0 saturated carbocycles. The summed E-state index contributed by atoms with van der Waals surface area (Å²) in [4.78, 5) is 39.3. The Kier molecular flexibility index (Phi) is 4.92. The Labute approximate surface area is 146 Å². The van der Waals surface area contributed by atoms with Crippen molar-refractivity contribution in [3.63, 3.8) is 0 Å². The SMILES string of the molecule is CCOc1ccccc1N1C[C@H](C(=O)N2CC[C@@H](C(=O)O)C2)CC1=O. The molecule has 25 heavy (non-hydrogen) atoms. The number of amides is 2. The van der Waals surface area contributed by atoms with Crippen LogP contribution >= 0.6 is 0 Å². The van der Waals surface area contributed by atoms with Gasteiger partial charge in [-0.25, -0.2) is 0 Å². The molecule has 0 bridgehead atoms. The van der Waals surface area contributed by atoms with Crippen molar-refractivity contribution in [2.75, 3.05) is 31.1 Å². The molecule has 2 aliphatic rings. The van der Waals surface area contributed by atoms with Gasteiger partial charge in [-0.2, -0.15) is 0 Å². The van der Waals surface area contributed by atoms with Crippen molar-refractivity contribution in [2.45, 2.75) is 19.8 Å². The average molecular weight is 346 g/mol. The van der Waals surface area contributed by atoms with Gasteiger partial charge in [0.1, 0.15) is 5.75 Å². The topological polar surface area (TPSA) is 87.2 Å². The summed E-state index contributed by atoms with van der Waals surface area (Å²) in [7, 11) is 0. The summed E-state index contributed by atoms with van der Waals surface area (Å²) in [6.07, 6.45) is 0.617. The van der Waals surface area contributed by atoms with Gasteiger partial charge in [-0.1, -0.05) is 12.1 Å². The first-order valence-electron chi connectivity index (χ1n) is 8.55. The second-order valence-electron chi connectivity index (χ2n) is 6.41. The second-order valence-corrected chi connectivity index (χ2v) is 6.41. The van der Waals surface area contributed by atoms with Crippen molar-refractivity contribution in [1.29, 1.82) is 0 Å². The maximum Gasteiger partial charge on any atom is 0.308 e. The number of likely N-dealkylation sites (tertiary alicyclic amines) is 1. The first kappa shape index (κ1) is 17.3. The van der Waals surface area contributed by atoms with E-state index in [1.807, 2.05) is 25.1 Å². The molecule has 2 fully saturated rings. The zero-order valence-corrected chi connectivity index (χ0v) is 14.2. The molecule has 0 spiro atoms. The lowest BCUT2D eigenvalue weighted by atomic mass is 10.1. The molecule has 3 rings (SSSR count). The van der Waals surface area contributed by atoms with E-state index in [1.165, 1.54) is 0 Å². The number of benzene rings is 1. The minimum Gasteiger partial charge on any atom is -0.492 e. The number of anilines is 1. The first-order chi connectivity index (χ1) is 12.0. The van der Waals surface area contributed by atoms with Crippen LogP contribution < -0.4 is 9.64 Å². The highest BCUT2D eigenvalue weighted by Crippen LogP contribution is 2.34. The summed E-state index contributed by atoms with van der Waals surface area (Å²) in [5.74, 6) is -1.43. The fourth-order valence-corrected chi connectivity index (χ4v) is 3.48. The average Bonchev–Trinajstić information content (AvgIpc) is 3.22. The molecule has 2 saturated heterocycles. The predicted octanol–water partition coefficient (Wildman–Crippen LogP) is 1.37. The summed E-state index contributed by atoms with van der Waals surface area (Å²) in [5.41, 5.74) is 0.675. The molecule has 0 aromatic heterocycles. The molecular formula is C18H22N2O5. The van der Waals surface area contributed by atoms with E-state index in [-0.39, 0.29) is 24.8 Å². The van der Waals surface area contributed by atoms with Crippen LogP contribution in [-0.2, 0) is 14.4 Å². The van der Waals surface area contributed by atoms with Crippen LogP contribution in [0.15, 0.2) is 24.3 Å². The summed E-state index contributed by atoms with van der Waals surface area (Å²) in [6, 6.07) is 7.29. The Morgan fingerprint density at radius 2 is 2.00 bits per heavy atom. The molecule has 2 atom stereocenters. The Hall–Kier alpha value is -2.57. The van der Waals surface area contributed by atoms with Gasteiger partial charge >= 0.3 is 5.97 Å². The number of carboxylic acid groups (broad SMARTS) is 1. The highest BCUT2D eigenvalue weighted by atomic mass is 16.5. The van der Waals surface area contributed by atoms with Gasteiger partial charge < -0.3 is 19.6 Å². The summed E-state index contributed by atoms with van der Waals surface area (Å²) >= 11 is 0. The van der Waals surface area contributed by atoms with Crippen LogP contribution in [-0.4, -0.2) is 54.0 Å². The second kappa shape index (κ2) is 7.13. The van der Waals surface area contributed by atoms with Crippen molar-refractivity contribution in [3.8, 4) is 5.75 Å². The van der Waals surface area contributed by atoms with Crippen molar-refractivity contribution in [2.24, 2.45) is 11.8 Å². The van der Waals surface area contributed by atoms with Crippen molar-refractivity contribution in [3.05, 3.63) is 24.3 Å². The zero-order chi connectivity index (χ0) is 18.0. The van der Waals surface area contributed by atoms with E-state index in [9.17, 15) is 14.4 Å². The van der Waals surface area contributed by atoms with Gasteiger partial charge in [0.25, 0.3) is 0 Å². The minimum absolute atomic E-state index is 0.112. The van der Waals surface area contributed by atoms with Crippen molar-refractivity contribution >= 4 is 23.5 Å². The number of ether oxygens (including phenoxy) is 1. The Balaban J connectivity index is 1.71. The summed E-state index contributed by atoms with van der Waals surface area (Å²) in [6.45, 7) is 3.34. The number of carbonyl (C=O) groups excluding carboxylic acids is 2. The van der Waals surface area contributed by atoms with Crippen molar-refractivity contribution < 1.29 is 24.2 Å². The molecule has 1 aromatic rings.